The third-order valence-electron chi connectivity index (χ3n) is 2.54. The lowest BCUT2D eigenvalue weighted by Gasteiger charge is -2.11. The molecular weight excluding hydrogens is 278 g/mol. The Morgan fingerprint density at radius 2 is 2.05 bits per heavy atom. The van der Waals surface area contributed by atoms with Crippen molar-refractivity contribution < 1.29 is 19.4 Å². The summed E-state index contributed by atoms with van der Waals surface area (Å²) in [4.78, 5) is 21.0. The number of amides is 1. The van der Waals surface area contributed by atoms with Crippen LogP contribution in [-0.2, 0) is 9.59 Å². The number of hydrogen-bond donors (Lipinski definition) is 2. The lowest BCUT2D eigenvalue weighted by atomic mass is 10.1. The van der Waals surface area contributed by atoms with Gasteiger partial charge in [0, 0.05) is 11.5 Å². The van der Waals surface area contributed by atoms with Crippen LogP contribution in [-0.4, -0.2) is 41.6 Å². The maximum atomic E-state index is 10.8. The molecule has 2 N–H and O–H groups in total. The molecule has 5 nitrogen and oxygen atoms in total. The minimum absolute atomic E-state index is 0.324. The molecule has 110 valence electrons. The molecular formula is C14H19NO4S. The van der Waals surface area contributed by atoms with Crippen LogP contribution in [0.4, 0.5) is 0 Å². The molecule has 0 fully saturated rings. The lowest BCUT2D eigenvalue weighted by molar-refractivity contribution is -0.139. The van der Waals surface area contributed by atoms with Crippen LogP contribution in [0.25, 0.3) is 0 Å². The van der Waals surface area contributed by atoms with E-state index in [0.717, 1.165) is 16.9 Å². The Morgan fingerprint density at radius 1 is 1.40 bits per heavy atom. The highest BCUT2D eigenvalue weighted by molar-refractivity contribution is 7.99. The Hall–Kier alpha value is -1.69. The van der Waals surface area contributed by atoms with Gasteiger partial charge < -0.3 is 15.2 Å². The first kappa shape index (κ1) is 16.4. The second-order valence-corrected chi connectivity index (χ2v) is 5.57. The molecule has 0 spiro atoms. The maximum absolute atomic E-state index is 10.8. The van der Waals surface area contributed by atoms with E-state index in [9.17, 15) is 9.59 Å². The largest absolute Gasteiger partial charge is 0.493 e. The monoisotopic (exact) mass is 297 g/mol. The van der Waals surface area contributed by atoms with E-state index >= 15 is 0 Å². The van der Waals surface area contributed by atoms with Gasteiger partial charge in [-0.25, -0.2) is 4.79 Å². The third-order valence-corrected chi connectivity index (χ3v) is 3.57. The van der Waals surface area contributed by atoms with Crippen LogP contribution in [0.2, 0.25) is 0 Å². The average Bonchev–Trinajstić information content (AvgIpc) is 2.35. The van der Waals surface area contributed by atoms with Crippen LogP contribution >= 0.6 is 11.8 Å². The van der Waals surface area contributed by atoms with Gasteiger partial charge in [0.2, 0.25) is 6.41 Å². The summed E-state index contributed by atoms with van der Waals surface area (Å²) < 4.78 is 5.61. The second kappa shape index (κ2) is 8.47. The number of aryl methyl sites for hydroxylation is 2. The van der Waals surface area contributed by atoms with Crippen molar-refractivity contribution in [3.8, 4) is 5.75 Å². The normalized spacial score (nSPS) is 11.7. The van der Waals surface area contributed by atoms with Gasteiger partial charge in [0.25, 0.3) is 0 Å². The minimum atomic E-state index is -1.03. The number of carboxylic acids is 1. The van der Waals surface area contributed by atoms with Gasteiger partial charge in [0.05, 0.1) is 6.61 Å². The predicted molar refractivity (Wildman–Crippen MR) is 79.4 cm³/mol. The zero-order valence-electron chi connectivity index (χ0n) is 11.6. The van der Waals surface area contributed by atoms with Crippen LogP contribution in [0, 0.1) is 13.8 Å². The van der Waals surface area contributed by atoms with Crippen molar-refractivity contribution in [3.63, 3.8) is 0 Å². The molecule has 0 heterocycles. The fourth-order valence-corrected chi connectivity index (χ4v) is 2.55. The van der Waals surface area contributed by atoms with Crippen molar-refractivity contribution in [2.75, 3.05) is 18.1 Å². The molecule has 0 radical (unpaired) electrons. The predicted octanol–water partition coefficient (Wildman–Crippen LogP) is 1.61. The Kier molecular flexibility index (Phi) is 6.93. The number of ether oxygens (including phenoxy) is 1. The van der Waals surface area contributed by atoms with Crippen molar-refractivity contribution in [2.45, 2.75) is 19.9 Å². The van der Waals surface area contributed by atoms with Gasteiger partial charge in [-0.15, -0.1) is 0 Å². The Labute approximate surface area is 122 Å². The van der Waals surface area contributed by atoms with Crippen LogP contribution < -0.4 is 10.1 Å². The number of nitrogens with one attached hydrogen (secondary N) is 1. The number of hydrogen-bond acceptors (Lipinski definition) is 4. The highest BCUT2D eigenvalue weighted by Crippen LogP contribution is 2.16. The molecule has 1 rings (SSSR count). The van der Waals surface area contributed by atoms with Crippen molar-refractivity contribution >= 4 is 24.1 Å². The van der Waals surface area contributed by atoms with Crippen molar-refractivity contribution in [2.24, 2.45) is 0 Å². The molecule has 0 saturated carbocycles. The van der Waals surface area contributed by atoms with E-state index in [1.807, 2.05) is 26.0 Å². The van der Waals surface area contributed by atoms with E-state index in [0.29, 0.717) is 24.5 Å². The van der Waals surface area contributed by atoms with Gasteiger partial charge in [-0.3, -0.25) is 4.79 Å². The number of carbonyl (C=O) groups is 2. The zero-order chi connectivity index (χ0) is 15.0. The van der Waals surface area contributed by atoms with E-state index in [4.69, 9.17) is 9.84 Å². The van der Waals surface area contributed by atoms with E-state index in [1.54, 1.807) is 0 Å². The molecule has 6 heteroatoms. The van der Waals surface area contributed by atoms with E-state index in [2.05, 4.69) is 11.4 Å². The maximum Gasteiger partial charge on any atom is 0.327 e. The molecule has 0 aliphatic heterocycles. The Balaban J connectivity index is 2.27. The summed E-state index contributed by atoms with van der Waals surface area (Å²) in [5.74, 6) is 0.783. The van der Waals surface area contributed by atoms with Crippen LogP contribution in [0.1, 0.15) is 11.1 Å². The summed E-state index contributed by atoms with van der Waals surface area (Å²) >= 11 is 1.43. The number of carboxylic acid groups (broad SMARTS) is 1. The van der Waals surface area contributed by atoms with Crippen molar-refractivity contribution in [1.29, 1.82) is 0 Å². The first-order valence-corrected chi connectivity index (χ1v) is 7.39. The molecule has 1 aromatic carbocycles. The number of benzene rings is 1. The van der Waals surface area contributed by atoms with Gasteiger partial charge in [-0.2, -0.15) is 11.8 Å². The van der Waals surface area contributed by atoms with Crippen LogP contribution in [0.5, 0.6) is 5.75 Å². The van der Waals surface area contributed by atoms with Gasteiger partial charge in [-0.1, -0.05) is 6.07 Å². The second-order valence-electron chi connectivity index (χ2n) is 4.42. The third kappa shape index (κ3) is 5.97. The zero-order valence-corrected chi connectivity index (χ0v) is 12.4. The molecule has 1 atom stereocenters. The van der Waals surface area contributed by atoms with Gasteiger partial charge in [0.1, 0.15) is 11.8 Å². The van der Waals surface area contributed by atoms with Gasteiger partial charge >= 0.3 is 5.97 Å². The van der Waals surface area contributed by atoms with E-state index < -0.39 is 12.0 Å². The summed E-state index contributed by atoms with van der Waals surface area (Å²) in [6.45, 7) is 4.52. The smallest absolute Gasteiger partial charge is 0.327 e. The highest BCUT2D eigenvalue weighted by Gasteiger charge is 2.15. The fraction of sp³-hybridized carbons (Fsp3) is 0.429. The Morgan fingerprint density at radius 3 is 2.60 bits per heavy atom. The summed E-state index contributed by atoms with van der Waals surface area (Å²) in [5.41, 5.74) is 2.29. The average molecular weight is 297 g/mol. The molecule has 0 aromatic heterocycles. The van der Waals surface area contributed by atoms with E-state index in [-0.39, 0.29) is 0 Å². The highest BCUT2D eigenvalue weighted by atomic mass is 32.2. The number of rotatable bonds is 9. The van der Waals surface area contributed by atoms with Crippen molar-refractivity contribution in [1.82, 2.24) is 5.32 Å². The van der Waals surface area contributed by atoms with Gasteiger partial charge in [-0.05, 0) is 37.1 Å². The molecule has 0 aliphatic rings. The molecule has 1 aromatic rings. The van der Waals surface area contributed by atoms with Gasteiger partial charge in [0.15, 0.2) is 0 Å². The number of carbonyl (C=O) groups excluding carboxylic acids is 1. The summed E-state index contributed by atoms with van der Waals surface area (Å²) in [6.07, 6.45) is 0.408. The molecule has 1 amide bonds. The lowest BCUT2D eigenvalue weighted by Crippen LogP contribution is -2.38. The fourth-order valence-electron chi connectivity index (χ4n) is 1.71. The summed E-state index contributed by atoms with van der Waals surface area (Å²) in [5, 5.41) is 11.1. The van der Waals surface area contributed by atoms with Crippen LogP contribution in [0.15, 0.2) is 18.2 Å². The summed E-state index contributed by atoms with van der Waals surface area (Å²) in [7, 11) is 0. The summed E-state index contributed by atoms with van der Waals surface area (Å²) in [6, 6.07) is 5.15. The topological polar surface area (TPSA) is 75.6 Å². The molecule has 20 heavy (non-hydrogen) atoms. The SMILES string of the molecule is Cc1cc(C)cc(OCCSCC(NC=O)C(=O)O)c1. The molecule has 0 aliphatic carbocycles. The minimum Gasteiger partial charge on any atom is -0.493 e. The first-order valence-electron chi connectivity index (χ1n) is 6.24. The standard InChI is InChI=1S/C14H19NO4S/c1-10-5-11(2)7-12(6-10)19-3-4-20-8-13(14(17)18)15-9-16/h5-7,9,13H,3-4,8H2,1-2H3,(H,15,16)(H,17,18). The number of thioether (sulfide) groups is 1. The molecule has 1 unspecified atom stereocenters. The van der Waals surface area contributed by atoms with Crippen LogP contribution in [0.3, 0.4) is 0 Å². The molecule has 0 bridgehead atoms. The number of aliphatic carboxylic acids is 1. The quantitative estimate of drug-likeness (QED) is 0.535. The van der Waals surface area contributed by atoms with E-state index in [1.165, 1.54) is 11.8 Å². The Bertz CT molecular complexity index is 444. The first-order chi connectivity index (χ1) is 9.52. The van der Waals surface area contributed by atoms with Crippen molar-refractivity contribution in [3.05, 3.63) is 29.3 Å². The molecule has 0 saturated heterocycles.